The molecule has 0 aliphatic carbocycles. The molecule has 1 aliphatic rings. The van der Waals surface area contributed by atoms with E-state index in [4.69, 9.17) is 4.74 Å². The summed E-state index contributed by atoms with van der Waals surface area (Å²) in [7, 11) is 0. The number of nitro groups is 1. The molecular weight excluding hydrogens is 384 g/mol. The van der Waals surface area contributed by atoms with Crippen LogP contribution in [0, 0.1) is 10.1 Å². The number of nitrogens with one attached hydrogen (secondary N) is 1. The molecule has 1 aromatic carbocycles. The van der Waals surface area contributed by atoms with Crippen molar-refractivity contribution in [1.29, 1.82) is 0 Å². The van der Waals surface area contributed by atoms with E-state index in [1.807, 2.05) is 4.90 Å². The highest BCUT2D eigenvalue weighted by Gasteiger charge is 2.23. The number of ether oxygens (including phenoxy) is 1. The Bertz CT molecular complexity index is 892. The van der Waals surface area contributed by atoms with Crippen LogP contribution in [0.25, 0.3) is 0 Å². The molecule has 3 rings (SSSR count). The molecule has 0 radical (unpaired) electrons. The van der Waals surface area contributed by atoms with Gasteiger partial charge < -0.3 is 9.64 Å². The number of amides is 1. The fraction of sp³-hybridized carbons (Fsp3) is 0.389. The fourth-order valence-corrected chi connectivity index (χ4v) is 3.69. The summed E-state index contributed by atoms with van der Waals surface area (Å²) in [5.41, 5.74) is 0.690. The molecule has 2 aromatic rings. The molecule has 1 aliphatic heterocycles. The van der Waals surface area contributed by atoms with E-state index in [9.17, 15) is 19.7 Å². The van der Waals surface area contributed by atoms with E-state index in [0.717, 1.165) is 43.7 Å². The molecule has 0 bridgehead atoms. The number of anilines is 2. The maximum atomic E-state index is 12.5. The minimum atomic E-state index is -0.569. The highest BCUT2D eigenvalue weighted by atomic mass is 32.1. The third kappa shape index (κ3) is 4.45. The summed E-state index contributed by atoms with van der Waals surface area (Å²) in [6, 6.07) is 4.45. The number of aromatic nitrogens is 1. The lowest BCUT2D eigenvalue weighted by Crippen LogP contribution is -2.30. The molecule has 0 atom stereocenters. The van der Waals surface area contributed by atoms with Gasteiger partial charge in [0, 0.05) is 30.1 Å². The van der Waals surface area contributed by atoms with E-state index in [2.05, 4.69) is 10.3 Å². The molecular formula is C18H20N4O5S. The first-order valence-electron chi connectivity index (χ1n) is 8.97. The van der Waals surface area contributed by atoms with E-state index < -0.39 is 16.8 Å². The number of carbonyl (C=O) groups excluding carboxylic acids is 2. The number of benzene rings is 1. The van der Waals surface area contributed by atoms with E-state index >= 15 is 0 Å². The Morgan fingerprint density at radius 2 is 2.07 bits per heavy atom. The predicted molar refractivity (Wildman–Crippen MR) is 105 cm³/mol. The van der Waals surface area contributed by atoms with Gasteiger partial charge in [0.05, 0.1) is 11.5 Å². The number of rotatable bonds is 6. The Morgan fingerprint density at radius 3 is 2.75 bits per heavy atom. The molecule has 1 N–H and O–H groups in total. The standard InChI is InChI=1S/C18H20N4O5S/c1-2-27-17(24)13-11-28-18(19-13)20-16(23)12-6-7-14(15(10-12)22(25)26)21-8-4-3-5-9-21/h6-7,10-11H,2-5,8-9H2,1H3,(H,19,20,23). The number of nitro benzene ring substituents is 1. The zero-order chi connectivity index (χ0) is 20.1. The quantitative estimate of drug-likeness (QED) is 0.445. The van der Waals surface area contributed by atoms with Gasteiger partial charge in [-0.25, -0.2) is 9.78 Å². The minimum absolute atomic E-state index is 0.0964. The zero-order valence-electron chi connectivity index (χ0n) is 15.3. The van der Waals surface area contributed by atoms with Gasteiger partial charge in [-0.15, -0.1) is 11.3 Å². The largest absolute Gasteiger partial charge is 0.461 e. The first-order valence-corrected chi connectivity index (χ1v) is 9.85. The van der Waals surface area contributed by atoms with Crippen molar-refractivity contribution >= 4 is 39.7 Å². The average Bonchev–Trinajstić information content (AvgIpc) is 3.17. The van der Waals surface area contributed by atoms with Gasteiger partial charge in [-0.3, -0.25) is 20.2 Å². The van der Waals surface area contributed by atoms with Crippen molar-refractivity contribution in [2.45, 2.75) is 26.2 Å². The molecule has 1 fully saturated rings. The van der Waals surface area contributed by atoms with E-state index in [1.54, 1.807) is 19.1 Å². The van der Waals surface area contributed by atoms with Crippen LogP contribution in [0.1, 0.15) is 47.0 Å². The first-order chi connectivity index (χ1) is 13.5. The van der Waals surface area contributed by atoms with E-state index in [0.29, 0.717) is 5.69 Å². The summed E-state index contributed by atoms with van der Waals surface area (Å²) < 4.78 is 4.86. The van der Waals surface area contributed by atoms with Crippen LogP contribution in [0.3, 0.4) is 0 Å². The number of hydrogen-bond acceptors (Lipinski definition) is 8. The molecule has 9 nitrogen and oxygen atoms in total. The van der Waals surface area contributed by atoms with Crippen molar-refractivity contribution in [2.75, 3.05) is 29.9 Å². The van der Waals surface area contributed by atoms with Crippen LogP contribution >= 0.6 is 11.3 Å². The number of esters is 1. The first kappa shape index (κ1) is 19.7. The van der Waals surface area contributed by atoms with Crippen LogP contribution in [-0.4, -0.2) is 41.5 Å². The molecule has 2 heterocycles. The third-order valence-electron chi connectivity index (χ3n) is 4.34. The van der Waals surface area contributed by atoms with Gasteiger partial charge >= 0.3 is 5.97 Å². The second-order valence-corrected chi connectivity index (χ2v) is 7.08. The molecule has 148 valence electrons. The van der Waals surface area contributed by atoms with Gasteiger partial charge in [0.1, 0.15) is 5.69 Å². The SMILES string of the molecule is CCOC(=O)c1csc(NC(=O)c2ccc(N3CCCCC3)c([N+](=O)[O-])c2)n1. The van der Waals surface area contributed by atoms with Crippen molar-refractivity contribution in [1.82, 2.24) is 4.98 Å². The summed E-state index contributed by atoms with van der Waals surface area (Å²) in [6.07, 6.45) is 3.10. The number of thiazole rings is 1. The van der Waals surface area contributed by atoms with Crippen LogP contribution in [-0.2, 0) is 4.74 Å². The number of nitrogens with zero attached hydrogens (tertiary/aromatic N) is 3. The second-order valence-electron chi connectivity index (χ2n) is 6.22. The minimum Gasteiger partial charge on any atom is -0.461 e. The van der Waals surface area contributed by atoms with Gasteiger partial charge in [-0.05, 0) is 38.3 Å². The van der Waals surface area contributed by atoms with Crippen molar-refractivity contribution in [2.24, 2.45) is 0 Å². The van der Waals surface area contributed by atoms with Gasteiger partial charge in [0.15, 0.2) is 10.8 Å². The van der Waals surface area contributed by atoms with Crippen molar-refractivity contribution in [3.8, 4) is 0 Å². The maximum Gasteiger partial charge on any atom is 0.357 e. The Kier molecular flexibility index (Phi) is 6.19. The topological polar surface area (TPSA) is 115 Å². The van der Waals surface area contributed by atoms with Gasteiger partial charge in [0.2, 0.25) is 0 Å². The summed E-state index contributed by atoms with van der Waals surface area (Å²) in [4.78, 5) is 41.2. The van der Waals surface area contributed by atoms with Crippen LogP contribution in [0.5, 0.6) is 0 Å². The smallest absolute Gasteiger partial charge is 0.357 e. The van der Waals surface area contributed by atoms with Crippen LogP contribution < -0.4 is 10.2 Å². The lowest BCUT2D eigenvalue weighted by molar-refractivity contribution is -0.384. The summed E-state index contributed by atoms with van der Waals surface area (Å²) >= 11 is 1.08. The van der Waals surface area contributed by atoms with Crippen LogP contribution in [0.4, 0.5) is 16.5 Å². The van der Waals surface area contributed by atoms with Gasteiger partial charge in [-0.1, -0.05) is 0 Å². The monoisotopic (exact) mass is 404 g/mol. The molecule has 28 heavy (non-hydrogen) atoms. The van der Waals surface area contributed by atoms with Crippen LogP contribution in [0.2, 0.25) is 0 Å². The predicted octanol–water partition coefficient (Wildman–Crippen LogP) is 3.47. The Labute approximate surface area is 165 Å². The molecule has 10 heteroatoms. The number of piperidine rings is 1. The Hall–Kier alpha value is -3.01. The fourth-order valence-electron chi connectivity index (χ4n) is 3.01. The highest BCUT2D eigenvalue weighted by Crippen LogP contribution is 2.31. The maximum absolute atomic E-state index is 12.5. The highest BCUT2D eigenvalue weighted by molar-refractivity contribution is 7.14. The van der Waals surface area contributed by atoms with Crippen molar-refractivity contribution in [3.63, 3.8) is 0 Å². The van der Waals surface area contributed by atoms with E-state index in [-0.39, 0.29) is 28.7 Å². The Balaban J connectivity index is 1.77. The number of hydrogen-bond donors (Lipinski definition) is 1. The average molecular weight is 404 g/mol. The van der Waals surface area contributed by atoms with Crippen molar-refractivity contribution < 1.29 is 19.2 Å². The van der Waals surface area contributed by atoms with Gasteiger partial charge in [0.25, 0.3) is 11.6 Å². The molecule has 1 amide bonds. The normalized spacial score (nSPS) is 13.8. The molecule has 0 unspecified atom stereocenters. The third-order valence-corrected chi connectivity index (χ3v) is 5.10. The van der Waals surface area contributed by atoms with Crippen LogP contribution in [0.15, 0.2) is 23.6 Å². The number of carbonyl (C=O) groups is 2. The summed E-state index contributed by atoms with van der Waals surface area (Å²) in [5.74, 6) is -1.10. The molecule has 0 saturated carbocycles. The Morgan fingerprint density at radius 1 is 1.32 bits per heavy atom. The van der Waals surface area contributed by atoms with Crippen molar-refractivity contribution in [3.05, 3.63) is 45.0 Å². The van der Waals surface area contributed by atoms with E-state index in [1.165, 1.54) is 11.4 Å². The lowest BCUT2D eigenvalue weighted by Gasteiger charge is -2.28. The lowest BCUT2D eigenvalue weighted by atomic mass is 10.1. The molecule has 1 aromatic heterocycles. The van der Waals surface area contributed by atoms with Gasteiger partial charge in [-0.2, -0.15) is 0 Å². The zero-order valence-corrected chi connectivity index (χ0v) is 16.2. The summed E-state index contributed by atoms with van der Waals surface area (Å²) in [5, 5.41) is 15.8. The second kappa shape index (κ2) is 8.79. The molecule has 1 saturated heterocycles. The summed E-state index contributed by atoms with van der Waals surface area (Å²) in [6.45, 7) is 3.45. The molecule has 0 spiro atoms.